The van der Waals surface area contributed by atoms with Gasteiger partial charge in [-0.25, -0.2) is 4.79 Å². The third kappa shape index (κ3) is 2.79. The summed E-state index contributed by atoms with van der Waals surface area (Å²) in [4.78, 5) is 38.0. The highest BCUT2D eigenvalue weighted by molar-refractivity contribution is 6.09. The molecule has 2 saturated carbocycles. The first-order valence-electron chi connectivity index (χ1n) is 8.91. The molecule has 0 bridgehead atoms. The second-order valence-electron chi connectivity index (χ2n) is 7.72. The van der Waals surface area contributed by atoms with Crippen molar-refractivity contribution in [3.05, 3.63) is 35.9 Å². The van der Waals surface area contributed by atoms with Crippen molar-refractivity contribution >= 4 is 17.8 Å². The lowest BCUT2D eigenvalue weighted by molar-refractivity contribution is -0.135. The van der Waals surface area contributed by atoms with Gasteiger partial charge >= 0.3 is 6.03 Å². The molecule has 132 valence electrons. The van der Waals surface area contributed by atoms with Crippen LogP contribution >= 0.6 is 0 Å². The van der Waals surface area contributed by atoms with E-state index >= 15 is 0 Å². The quantitative estimate of drug-likeness (QED) is 0.771. The van der Waals surface area contributed by atoms with Gasteiger partial charge in [-0.15, -0.1) is 0 Å². The predicted octanol–water partition coefficient (Wildman–Crippen LogP) is 1.55. The zero-order valence-corrected chi connectivity index (χ0v) is 14.4. The molecule has 2 aliphatic carbocycles. The average Bonchev–Trinajstić information content (AvgIpc) is 3.51. The van der Waals surface area contributed by atoms with Crippen molar-refractivity contribution in [2.75, 3.05) is 13.1 Å². The maximum atomic E-state index is 12.6. The number of hydrogen-bond acceptors (Lipinski definition) is 3. The maximum Gasteiger partial charge on any atom is 0.325 e. The van der Waals surface area contributed by atoms with E-state index in [9.17, 15) is 14.4 Å². The minimum Gasteiger partial charge on any atom is -0.354 e. The van der Waals surface area contributed by atoms with Crippen LogP contribution in [0.2, 0.25) is 0 Å². The van der Waals surface area contributed by atoms with E-state index in [-0.39, 0.29) is 29.7 Å². The SMILES string of the molecule is CC1(C2CC2)NC(=O)N(CC(=O)NCC2(c3ccccc3)CC2)C1=O. The van der Waals surface area contributed by atoms with Crippen LogP contribution in [0.5, 0.6) is 0 Å². The van der Waals surface area contributed by atoms with E-state index < -0.39 is 11.6 Å². The molecule has 1 aromatic carbocycles. The van der Waals surface area contributed by atoms with Gasteiger partial charge < -0.3 is 10.6 Å². The Morgan fingerprint density at radius 3 is 2.52 bits per heavy atom. The van der Waals surface area contributed by atoms with Crippen LogP contribution in [0.1, 0.15) is 38.2 Å². The highest BCUT2D eigenvalue weighted by Gasteiger charge is 2.56. The van der Waals surface area contributed by atoms with Crippen molar-refractivity contribution < 1.29 is 14.4 Å². The summed E-state index contributed by atoms with van der Waals surface area (Å²) >= 11 is 0. The Bertz CT molecular complexity index is 725. The Balaban J connectivity index is 1.35. The molecule has 0 spiro atoms. The van der Waals surface area contributed by atoms with Gasteiger partial charge in [0.25, 0.3) is 5.91 Å². The van der Waals surface area contributed by atoms with Gasteiger partial charge in [-0.3, -0.25) is 14.5 Å². The summed E-state index contributed by atoms with van der Waals surface area (Å²) in [5, 5.41) is 5.68. The summed E-state index contributed by atoms with van der Waals surface area (Å²) in [5.74, 6) is -0.366. The monoisotopic (exact) mass is 341 g/mol. The average molecular weight is 341 g/mol. The Hall–Kier alpha value is -2.37. The fourth-order valence-electron chi connectivity index (χ4n) is 3.77. The Kier molecular flexibility index (Phi) is 3.60. The van der Waals surface area contributed by atoms with Crippen LogP contribution in [0.25, 0.3) is 0 Å². The molecule has 3 aliphatic rings. The molecule has 0 aromatic heterocycles. The van der Waals surface area contributed by atoms with Crippen LogP contribution in [0.15, 0.2) is 30.3 Å². The molecule has 6 heteroatoms. The van der Waals surface area contributed by atoms with E-state index in [1.165, 1.54) is 5.56 Å². The number of amides is 4. The van der Waals surface area contributed by atoms with Gasteiger partial charge in [0, 0.05) is 12.0 Å². The summed E-state index contributed by atoms with van der Waals surface area (Å²) in [6.07, 6.45) is 3.98. The molecule has 6 nitrogen and oxygen atoms in total. The molecule has 1 heterocycles. The van der Waals surface area contributed by atoms with Crippen LogP contribution in [0.3, 0.4) is 0 Å². The number of carbonyl (C=O) groups excluding carboxylic acids is 3. The fourth-order valence-corrected chi connectivity index (χ4v) is 3.77. The first-order chi connectivity index (χ1) is 11.9. The van der Waals surface area contributed by atoms with E-state index in [2.05, 4.69) is 22.8 Å². The topological polar surface area (TPSA) is 78.5 Å². The normalized spacial score (nSPS) is 27.2. The number of nitrogens with zero attached hydrogens (tertiary/aromatic N) is 1. The third-order valence-electron chi connectivity index (χ3n) is 5.86. The number of benzene rings is 1. The standard InChI is InChI=1S/C19H23N3O3/c1-18(13-7-8-13)16(24)22(17(25)21-18)11-15(23)20-12-19(9-10-19)14-5-3-2-4-6-14/h2-6,13H,7-12H2,1H3,(H,20,23)(H,21,25). The first-order valence-corrected chi connectivity index (χ1v) is 8.91. The summed E-state index contributed by atoms with van der Waals surface area (Å²) < 4.78 is 0. The molecule has 4 rings (SSSR count). The largest absolute Gasteiger partial charge is 0.354 e. The molecule has 25 heavy (non-hydrogen) atoms. The Morgan fingerprint density at radius 1 is 1.24 bits per heavy atom. The zero-order valence-electron chi connectivity index (χ0n) is 14.4. The molecule has 1 unspecified atom stereocenters. The number of nitrogens with one attached hydrogen (secondary N) is 2. The lowest BCUT2D eigenvalue weighted by atomic mass is 9.96. The molecule has 2 N–H and O–H groups in total. The maximum absolute atomic E-state index is 12.6. The Morgan fingerprint density at radius 2 is 1.92 bits per heavy atom. The van der Waals surface area contributed by atoms with Crippen LogP contribution in [0.4, 0.5) is 4.79 Å². The van der Waals surface area contributed by atoms with E-state index in [4.69, 9.17) is 0 Å². The van der Waals surface area contributed by atoms with E-state index in [0.717, 1.165) is 30.6 Å². The zero-order chi connectivity index (χ0) is 17.7. The molecule has 1 aliphatic heterocycles. The van der Waals surface area contributed by atoms with Gasteiger partial charge in [0.1, 0.15) is 12.1 Å². The molecule has 3 fully saturated rings. The fraction of sp³-hybridized carbons (Fsp3) is 0.526. The highest BCUT2D eigenvalue weighted by atomic mass is 16.2. The number of carbonyl (C=O) groups is 3. The van der Waals surface area contributed by atoms with Crippen LogP contribution in [-0.2, 0) is 15.0 Å². The molecule has 1 saturated heterocycles. The number of hydrogen-bond donors (Lipinski definition) is 2. The van der Waals surface area contributed by atoms with Crippen molar-refractivity contribution in [3.8, 4) is 0 Å². The van der Waals surface area contributed by atoms with Crippen LogP contribution in [-0.4, -0.2) is 41.4 Å². The number of rotatable bonds is 6. The van der Waals surface area contributed by atoms with E-state index in [1.807, 2.05) is 18.2 Å². The van der Waals surface area contributed by atoms with Gasteiger partial charge in [0.2, 0.25) is 5.91 Å². The lowest BCUT2D eigenvalue weighted by Gasteiger charge is -2.21. The molecular weight excluding hydrogens is 318 g/mol. The second-order valence-corrected chi connectivity index (χ2v) is 7.72. The number of urea groups is 1. The predicted molar refractivity (Wildman–Crippen MR) is 91.7 cm³/mol. The van der Waals surface area contributed by atoms with Crippen molar-refractivity contribution in [2.45, 2.75) is 43.6 Å². The van der Waals surface area contributed by atoms with Gasteiger partial charge in [-0.2, -0.15) is 0 Å². The van der Waals surface area contributed by atoms with Gasteiger partial charge in [0.05, 0.1) is 0 Å². The molecular formula is C19H23N3O3. The van der Waals surface area contributed by atoms with Crippen LogP contribution < -0.4 is 10.6 Å². The summed E-state index contributed by atoms with van der Waals surface area (Å²) in [6.45, 7) is 2.09. The summed E-state index contributed by atoms with van der Waals surface area (Å²) in [7, 11) is 0. The third-order valence-corrected chi connectivity index (χ3v) is 5.86. The highest BCUT2D eigenvalue weighted by Crippen LogP contribution is 2.47. The van der Waals surface area contributed by atoms with E-state index in [1.54, 1.807) is 6.92 Å². The van der Waals surface area contributed by atoms with Gasteiger partial charge in [0.15, 0.2) is 0 Å². The van der Waals surface area contributed by atoms with E-state index in [0.29, 0.717) is 6.54 Å². The van der Waals surface area contributed by atoms with Crippen molar-refractivity contribution in [2.24, 2.45) is 5.92 Å². The van der Waals surface area contributed by atoms with Crippen molar-refractivity contribution in [1.82, 2.24) is 15.5 Å². The van der Waals surface area contributed by atoms with Gasteiger partial charge in [-0.05, 0) is 44.1 Å². The molecule has 1 aromatic rings. The summed E-state index contributed by atoms with van der Waals surface area (Å²) in [5.41, 5.74) is 0.405. The molecule has 4 amide bonds. The smallest absolute Gasteiger partial charge is 0.325 e. The van der Waals surface area contributed by atoms with Gasteiger partial charge in [-0.1, -0.05) is 30.3 Å². The minimum atomic E-state index is -0.834. The molecule has 0 radical (unpaired) electrons. The first kappa shape index (κ1) is 16.1. The van der Waals surface area contributed by atoms with Crippen molar-refractivity contribution in [1.29, 1.82) is 0 Å². The second kappa shape index (κ2) is 5.58. The Labute approximate surface area is 147 Å². The number of imide groups is 1. The lowest BCUT2D eigenvalue weighted by Crippen LogP contribution is -2.47. The minimum absolute atomic E-state index is 0.0106. The molecule has 1 atom stereocenters. The van der Waals surface area contributed by atoms with Crippen molar-refractivity contribution in [3.63, 3.8) is 0 Å². The van der Waals surface area contributed by atoms with Crippen LogP contribution in [0, 0.1) is 5.92 Å². The summed E-state index contributed by atoms with van der Waals surface area (Å²) in [6, 6.07) is 9.69.